The average Bonchev–Trinajstić information content (AvgIpc) is 2.78. The Morgan fingerprint density at radius 1 is 1.26 bits per heavy atom. The maximum atomic E-state index is 5.23. The number of nitrogens with zero attached hydrogens (tertiary/aromatic N) is 3. The van der Waals surface area contributed by atoms with E-state index in [1.807, 2.05) is 6.92 Å². The minimum atomic E-state index is 0.113. The molecule has 1 aromatic heterocycles. The smallest absolute Gasteiger partial charge is 0.243 e. The van der Waals surface area contributed by atoms with Crippen molar-refractivity contribution in [1.29, 1.82) is 0 Å². The minimum Gasteiger partial charge on any atom is -0.338 e. The van der Waals surface area contributed by atoms with E-state index in [1.165, 1.54) is 16.7 Å². The van der Waals surface area contributed by atoms with Gasteiger partial charge in [0.25, 0.3) is 0 Å². The van der Waals surface area contributed by atoms with Crippen LogP contribution >= 0.6 is 0 Å². The van der Waals surface area contributed by atoms with Crippen LogP contribution in [0.2, 0.25) is 0 Å². The number of aryl methyl sites for hydroxylation is 3. The summed E-state index contributed by atoms with van der Waals surface area (Å²) in [5.41, 5.74) is 3.95. The number of benzene rings is 1. The first-order valence-corrected chi connectivity index (χ1v) is 6.54. The van der Waals surface area contributed by atoms with Gasteiger partial charge >= 0.3 is 0 Å². The van der Waals surface area contributed by atoms with Crippen LogP contribution in [0.15, 0.2) is 22.7 Å². The third-order valence-electron chi connectivity index (χ3n) is 3.48. The topological polar surface area (TPSA) is 42.2 Å². The molecule has 0 bridgehead atoms. The second kappa shape index (κ2) is 5.53. The maximum Gasteiger partial charge on any atom is 0.243 e. The second-order valence-corrected chi connectivity index (χ2v) is 5.20. The van der Waals surface area contributed by atoms with Gasteiger partial charge in [0.2, 0.25) is 5.89 Å². The molecule has 1 aromatic carbocycles. The fourth-order valence-electron chi connectivity index (χ4n) is 2.10. The van der Waals surface area contributed by atoms with Crippen LogP contribution in [0.1, 0.15) is 41.4 Å². The molecule has 2 aromatic rings. The van der Waals surface area contributed by atoms with Gasteiger partial charge in [-0.15, -0.1) is 0 Å². The molecule has 0 spiro atoms. The van der Waals surface area contributed by atoms with Crippen molar-refractivity contribution in [2.75, 3.05) is 7.05 Å². The highest BCUT2D eigenvalue weighted by Gasteiger charge is 2.18. The highest BCUT2D eigenvalue weighted by molar-refractivity contribution is 5.30. The molecule has 0 fully saturated rings. The highest BCUT2D eigenvalue weighted by atomic mass is 16.5. The van der Waals surface area contributed by atoms with Crippen LogP contribution in [0.4, 0.5) is 0 Å². The third-order valence-corrected chi connectivity index (χ3v) is 3.48. The fourth-order valence-corrected chi connectivity index (χ4v) is 2.10. The Kier molecular flexibility index (Phi) is 4.00. The highest BCUT2D eigenvalue weighted by Crippen LogP contribution is 2.20. The Labute approximate surface area is 114 Å². The van der Waals surface area contributed by atoms with E-state index in [0.717, 1.165) is 6.54 Å². The van der Waals surface area contributed by atoms with Crippen LogP contribution in [-0.4, -0.2) is 22.1 Å². The number of rotatable bonds is 4. The van der Waals surface area contributed by atoms with Gasteiger partial charge in [0.05, 0.1) is 6.04 Å². The largest absolute Gasteiger partial charge is 0.338 e. The van der Waals surface area contributed by atoms with Crippen molar-refractivity contribution in [3.63, 3.8) is 0 Å². The molecule has 0 amide bonds. The van der Waals surface area contributed by atoms with E-state index >= 15 is 0 Å². The lowest BCUT2D eigenvalue weighted by atomic mass is 10.1. The molecular formula is C15H21N3O. The number of hydrogen-bond acceptors (Lipinski definition) is 4. The Bertz CT molecular complexity index is 562. The summed E-state index contributed by atoms with van der Waals surface area (Å²) in [5.74, 6) is 1.35. The van der Waals surface area contributed by atoms with Crippen LogP contribution in [-0.2, 0) is 6.54 Å². The molecule has 0 aliphatic carbocycles. The molecule has 0 radical (unpaired) electrons. The van der Waals surface area contributed by atoms with E-state index in [1.54, 1.807) is 0 Å². The van der Waals surface area contributed by atoms with Crippen molar-refractivity contribution < 1.29 is 4.52 Å². The SMILES string of the molecule is Cc1ccc(CN(C)[C@H](C)c2nc(C)no2)c(C)c1. The van der Waals surface area contributed by atoms with E-state index in [9.17, 15) is 0 Å². The van der Waals surface area contributed by atoms with Gasteiger partial charge in [-0.25, -0.2) is 0 Å². The predicted octanol–water partition coefficient (Wildman–Crippen LogP) is 3.19. The number of hydrogen-bond donors (Lipinski definition) is 0. The summed E-state index contributed by atoms with van der Waals surface area (Å²) >= 11 is 0. The van der Waals surface area contributed by atoms with Gasteiger partial charge in [-0.1, -0.05) is 28.9 Å². The molecule has 0 saturated carbocycles. The van der Waals surface area contributed by atoms with E-state index in [0.29, 0.717) is 11.7 Å². The van der Waals surface area contributed by atoms with Crippen molar-refractivity contribution in [1.82, 2.24) is 15.0 Å². The lowest BCUT2D eigenvalue weighted by molar-refractivity contribution is 0.202. The van der Waals surface area contributed by atoms with Crippen molar-refractivity contribution in [2.24, 2.45) is 0 Å². The zero-order chi connectivity index (χ0) is 14.0. The second-order valence-electron chi connectivity index (χ2n) is 5.20. The Morgan fingerprint density at radius 3 is 2.58 bits per heavy atom. The van der Waals surface area contributed by atoms with Gasteiger partial charge in [0.15, 0.2) is 5.82 Å². The van der Waals surface area contributed by atoms with Crippen molar-refractivity contribution in [3.05, 3.63) is 46.6 Å². The first-order valence-electron chi connectivity index (χ1n) is 6.54. The van der Waals surface area contributed by atoms with E-state index < -0.39 is 0 Å². The predicted molar refractivity (Wildman–Crippen MR) is 74.8 cm³/mol. The van der Waals surface area contributed by atoms with Gasteiger partial charge in [-0.2, -0.15) is 4.98 Å². The molecule has 0 aliphatic heterocycles. The standard InChI is InChI=1S/C15H21N3O/c1-10-6-7-14(11(2)8-10)9-18(5)12(3)15-16-13(4)17-19-15/h6-8,12H,9H2,1-5H3/t12-/m1/s1. The molecule has 4 nitrogen and oxygen atoms in total. The summed E-state index contributed by atoms with van der Waals surface area (Å²) in [7, 11) is 2.07. The molecule has 19 heavy (non-hydrogen) atoms. The summed E-state index contributed by atoms with van der Waals surface area (Å²) in [6.45, 7) is 9.05. The van der Waals surface area contributed by atoms with Crippen molar-refractivity contribution in [3.8, 4) is 0 Å². The Hall–Kier alpha value is -1.68. The Morgan fingerprint density at radius 2 is 2.00 bits per heavy atom. The normalized spacial score (nSPS) is 12.9. The summed E-state index contributed by atoms with van der Waals surface area (Å²) in [4.78, 5) is 6.50. The summed E-state index contributed by atoms with van der Waals surface area (Å²) in [5, 5.41) is 3.84. The van der Waals surface area contributed by atoms with Gasteiger partial charge in [-0.3, -0.25) is 4.90 Å². The van der Waals surface area contributed by atoms with Gasteiger partial charge in [-0.05, 0) is 45.9 Å². The first kappa shape index (κ1) is 13.7. The van der Waals surface area contributed by atoms with E-state index in [2.05, 4.69) is 61.1 Å². The molecule has 2 rings (SSSR count). The van der Waals surface area contributed by atoms with E-state index in [-0.39, 0.29) is 6.04 Å². The van der Waals surface area contributed by atoms with Crippen LogP contribution in [0, 0.1) is 20.8 Å². The monoisotopic (exact) mass is 259 g/mol. The molecule has 4 heteroatoms. The van der Waals surface area contributed by atoms with Gasteiger partial charge in [0, 0.05) is 6.54 Å². The minimum absolute atomic E-state index is 0.113. The summed E-state index contributed by atoms with van der Waals surface area (Å²) in [6, 6.07) is 6.66. The molecule has 1 heterocycles. The van der Waals surface area contributed by atoms with Gasteiger partial charge < -0.3 is 4.52 Å². The lowest BCUT2D eigenvalue weighted by Crippen LogP contribution is -2.22. The van der Waals surface area contributed by atoms with E-state index in [4.69, 9.17) is 4.52 Å². The third kappa shape index (κ3) is 3.20. The van der Waals surface area contributed by atoms with Crippen molar-refractivity contribution in [2.45, 2.75) is 40.3 Å². The fraction of sp³-hybridized carbons (Fsp3) is 0.467. The molecular weight excluding hydrogens is 238 g/mol. The van der Waals surface area contributed by atoms with Crippen LogP contribution in [0.5, 0.6) is 0 Å². The zero-order valence-corrected chi connectivity index (χ0v) is 12.3. The van der Waals surface area contributed by atoms with Gasteiger partial charge in [0.1, 0.15) is 0 Å². The quantitative estimate of drug-likeness (QED) is 0.845. The van der Waals surface area contributed by atoms with Crippen LogP contribution in [0.3, 0.4) is 0 Å². The lowest BCUT2D eigenvalue weighted by Gasteiger charge is -2.22. The summed E-state index contributed by atoms with van der Waals surface area (Å²) < 4.78 is 5.23. The molecule has 0 N–H and O–H groups in total. The number of aromatic nitrogens is 2. The molecule has 102 valence electrons. The van der Waals surface area contributed by atoms with Crippen LogP contribution < -0.4 is 0 Å². The van der Waals surface area contributed by atoms with Crippen molar-refractivity contribution >= 4 is 0 Å². The zero-order valence-electron chi connectivity index (χ0n) is 12.3. The first-order chi connectivity index (χ1) is 8.97. The summed E-state index contributed by atoms with van der Waals surface area (Å²) in [6.07, 6.45) is 0. The molecule has 0 unspecified atom stereocenters. The average molecular weight is 259 g/mol. The Balaban J connectivity index is 2.10. The molecule has 0 saturated heterocycles. The van der Waals surface area contributed by atoms with Crippen LogP contribution in [0.25, 0.3) is 0 Å². The molecule has 0 aliphatic rings. The maximum absolute atomic E-state index is 5.23. The molecule has 1 atom stereocenters.